The molecule has 0 aliphatic rings. The van der Waals surface area contributed by atoms with Gasteiger partial charge in [0, 0.05) is 33.8 Å². The van der Waals surface area contributed by atoms with Crippen molar-refractivity contribution < 1.29 is 4.79 Å². The summed E-state index contributed by atoms with van der Waals surface area (Å²) in [4.78, 5) is 12.9. The quantitative estimate of drug-likeness (QED) is 0.607. The monoisotopic (exact) mass is 156 g/mol. The highest BCUT2D eigenvalue weighted by atomic mass is 16.1. The fourth-order valence-corrected chi connectivity index (χ4v) is 1.03. The highest BCUT2D eigenvalue weighted by Gasteiger charge is 2.08. The van der Waals surface area contributed by atoms with Gasteiger partial charge in [-0.3, -0.25) is 4.79 Å². The average molecular weight is 156 g/mol. The summed E-state index contributed by atoms with van der Waals surface area (Å²) < 4.78 is 0. The van der Waals surface area contributed by atoms with Crippen LogP contribution in [0.4, 0.5) is 0 Å². The van der Waals surface area contributed by atoms with Gasteiger partial charge in [0.25, 0.3) is 0 Å². The van der Waals surface area contributed by atoms with Crippen LogP contribution in [0.2, 0.25) is 0 Å². The molecule has 0 radical (unpaired) electrons. The predicted molar refractivity (Wildman–Crippen MR) is 46.1 cm³/mol. The molecule has 0 rings (SSSR count). The number of allylic oxidation sites excluding steroid dienone is 2. The number of nitrogens with one attached hydrogen (secondary N) is 1. The van der Waals surface area contributed by atoms with Crippen LogP contribution < -0.4 is 5.32 Å². The second-order valence-corrected chi connectivity index (χ2v) is 2.67. The van der Waals surface area contributed by atoms with E-state index in [0.717, 1.165) is 11.4 Å². The van der Waals surface area contributed by atoms with Gasteiger partial charge in [0.1, 0.15) is 0 Å². The third-order valence-corrected chi connectivity index (χ3v) is 1.51. The van der Waals surface area contributed by atoms with Crippen LogP contribution in [0.5, 0.6) is 0 Å². The molecule has 0 aromatic carbocycles. The molecule has 0 saturated heterocycles. The Labute approximate surface area is 68.1 Å². The Morgan fingerprint density at radius 3 is 1.82 bits per heavy atom. The van der Waals surface area contributed by atoms with Crippen molar-refractivity contribution in [1.82, 2.24) is 10.2 Å². The summed E-state index contributed by atoms with van der Waals surface area (Å²) in [7, 11) is 5.52. The summed E-state index contributed by atoms with van der Waals surface area (Å²) in [6.07, 6.45) is 0. The molecule has 0 aromatic heterocycles. The molecule has 3 nitrogen and oxygen atoms in total. The minimum atomic E-state index is 0.0850. The maximum absolute atomic E-state index is 11.0. The summed E-state index contributed by atoms with van der Waals surface area (Å²) in [5.74, 6) is 0.0850. The molecule has 0 spiro atoms. The lowest BCUT2D eigenvalue weighted by molar-refractivity contribution is -0.114. The number of ketones is 1. The van der Waals surface area contributed by atoms with Crippen LogP contribution in [0.25, 0.3) is 0 Å². The van der Waals surface area contributed by atoms with Crippen LogP contribution in [0.15, 0.2) is 11.4 Å². The number of Topliss-reactive ketones (excluding diaryl/α,β-unsaturated/α-hetero) is 1. The van der Waals surface area contributed by atoms with Crippen molar-refractivity contribution in [3.63, 3.8) is 0 Å². The molecule has 0 saturated carbocycles. The molecule has 0 bridgehead atoms. The molecule has 64 valence electrons. The molecule has 0 aliphatic heterocycles. The Morgan fingerprint density at radius 1 is 1.27 bits per heavy atom. The zero-order chi connectivity index (χ0) is 9.02. The zero-order valence-electron chi connectivity index (χ0n) is 7.86. The van der Waals surface area contributed by atoms with Gasteiger partial charge >= 0.3 is 0 Å². The van der Waals surface area contributed by atoms with E-state index in [-0.39, 0.29) is 5.78 Å². The molecule has 0 heterocycles. The molecule has 1 N–H and O–H groups in total. The summed E-state index contributed by atoms with van der Waals surface area (Å²) in [5, 5.41) is 2.94. The van der Waals surface area contributed by atoms with E-state index in [1.807, 2.05) is 33.0 Å². The number of hydrogen-bond donors (Lipinski definition) is 1. The number of rotatable bonds is 3. The average Bonchev–Trinajstić information content (AvgIpc) is 1.85. The number of hydrogen-bond acceptors (Lipinski definition) is 3. The van der Waals surface area contributed by atoms with E-state index in [4.69, 9.17) is 0 Å². The minimum absolute atomic E-state index is 0.0850. The molecule has 0 fully saturated rings. The molecule has 0 aromatic rings. The smallest absolute Gasteiger partial charge is 0.177 e. The number of likely N-dealkylation sites (N-methyl/N-ethyl adjacent to an activating group) is 1. The molecular formula is C8H16N2O. The Morgan fingerprint density at radius 2 is 1.73 bits per heavy atom. The van der Waals surface area contributed by atoms with Gasteiger partial charge in [-0.1, -0.05) is 0 Å². The third kappa shape index (κ3) is 2.62. The molecular weight excluding hydrogens is 140 g/mol. The van der Waals surface area contributed by atoms with E-state index < -0.39 is 0 Å². The van der Waals surface area contributed by atoms with Gasteiger partial charge in [-0.25, -0.2) is 0 Å². The molecule has 0 aliphatic carbocycles. The van der Waals surface area contributed by atoms with Crippen molar-refractivity contribution in [2.75, 3.05) is 21.1 Å². The SMILES string of the molecule is CN/C(C)=C(\C(C)=O)N(C)C. The third-order valence-electron chi connectivity index (χ3n) is 1.51. The lowest BCUT2D eigenvalue weighted by atomic mass is 10.2. The molecule has 0 amide bonds. The van der Waals surface area contributed by atoms with E-state index in [9.17, 15) is 4.79 Å². The standard InChI is InChI=1S/C8H16N2O/c1-6(9-3)8(7(2)11)10(4)5/h9H,1-5H3/b8-6+. The molecule has 11 heavy (non-hydrogen) atoms. The fraction of sp³-hybridized carbons (Fsp3) is 0.625. The summed E-state index contributed by atoms with van der Waals surface area (Å²) >= 11 is 0. The van der Waals surface area contributed by atoms with E-state index in [2.05, 4.69) is 5.32 Å². The Balaban J connectivity index is 4.73. The van der Waals surface area contributed by atoms with Crippen molar-refractivity contribution in [1.29, 1.82) is 0 Å². The van der Waals surface area contributed by atoms with Crippen molar-refractivity contribution in [2.24, 2.45) is 0 Å². The Bertz CT molecular complexity index is 183. The van der Waals surface area contributed by atoms with E-state index in [1.54, 1.807) is 6.92 Å². The van der Waals surface area contributed by atoms with Gasteiger partial charge < -0.3 is 10.2 Å². The van der Waals surface area contributed by atoms with E-state index >= 15 is 0 Å². The number of carbonyl (C=O) groups excluding carboxylic acids is 1. The van der Waals surface area contributed by atoms with Gasteiger partial charge in [0.05, 0.1) is 5.70 Å². The molecule has 0 atom stereocenters. The summed E-state index contributed by atoms with van der Waals surface area (Å²) in [5.41, 5.74) is 1.63. The van der Waals surface area contributed by atoms with Crippen molar-refractivity contribution in [2.45, 2.75) is 13.8 Å². The van der Waals surface area contributed by atoms with Crippen LogP contribution in [-0.2, 0) is 4.79 Å². The zero-order valence-corrected chi connectivity index (χ0v) is 7.86. The second-order valence-electron chi connectivity index (χ2n) is 2.67. The van der Waals surface area contributed by atoms with Gasteiger partial charge in [0.15, 0.2) is 5.78 Å². The summed E-state index contributed by atoms with van der Waals surface area (Å²) in [6.45, 7) is 3.45. The first-order valence-corrected chi connectivity index (χ1v) is 3.57. The highest BCUT2D eigenvalue weighted by molar-refractivity contribution is 5.93. The Hall–Kier alpha value is -0.990. The van der Waals surface area contributed by atoms with E-state index in [1.165, 1.54) is 0 Å². The lowest BCUT2D eigenvalue weighted by Gasteiger charge is -2.17. The van der Waals surface area contributed by atoms with Crippen LogP contribution in [-0.4, -0.2) is 31.8 Å². The van der Waals surface area contributed by atoms with Crippen LogP contribution >= 0.6 is 0 Å². The van der Waals surface area contributed by atoms with Crippen molar-refractivity contribution >= 4 is 5.78 Å². The molecule has 3 heteroatoms. The van der Waals surface area contributed by atoms with Crippen LogP contribution in [0.1, 0.15) is 13.8 Å². The van der Waals surface area contributed by atoms with E-state index in [0.29, 0.717) is 0 Å². The number of nitrogens with zero attached hydrogens (tertiary/aromatic N) is 1. The van der Waals surface area contributed by atoms with Gasteiger partial charge in [-0.05, 0) is 6.92 Å². The Kier molecular flexibility index (Phi) is 3.65. The summed E-state index contributed by atoms with van der Waals surface area (Å²) in [6, 6.07) is 0. The van der Waals surface area contributed by atoms with Crippen molar-refractivity contribution in [3.8, 4) is 0 Å². The second kappa shape index (κ2) is 4.01. The lowest BCUT2D eigenvalue weighted by Crippen LogP contribution is -2.22. The normalized spacial score (nSPS) is 12.1. The van der Waals surface area contributed by atoms with Crippen molar-refractivity contribution in [3.05, 3.63) is 11.4 Å². The van der Waals surface area contributed by atoms with Crippen LogP contribution in [0.3, 0.4) is 0 Å². The van der Waals surface area contributed by atoms with Gasteiger partial charge in [0.2, 0.25) is 0 Å². The topological polar surface area (TPSA) is 32.3 Å². The first-order chi connectivity index (χ1) is 5.00. The van der Waals surface area contributed by atoms with Crippen LogP contribution in [0, 0.1) is 0 Å². The predicted octanol–water partition coefficient (Wildman–Crippen LogP) is 0.588. The first kappa shape index (κ1) is 10.0. The maximum atomic E-state index is 11.0. The highest BCUT2D eigenvalue weighted by Crippen LogP contribution is 2.04. The van der Waals surface area contributed by atoms with Gasteiger partial charge in [-0.2, -0.15) is 0 Å². The largest absolute Gasteiger partial charge is 0.390 e. The maximum Gasteiger partial charge on any atom is 0.177 e. The first-order valence-electron chi connectivity index (χ1n) is 3.57. The van der Waals surface area contributed by atoms with Gasteiger partial charge in [-0.15, -0.1) is 0 Å². The number of carbonyl (C=O) groups is 1. The fourth-order valence-electron chi connectivity index (χ4n) is 1.03. The molecule has 0 unspecified atom stereocenters. The minimum Gasteiger partial charge on any atom is -0.390 e.